The van der Waals surface area contributed by atoms with E-state index >= 15 is 0 Å². The fraction of sp³-hybridized carbons (Fsp3) is 0.160. The Balaban J connectivity index is 1.73. The largest absolute Gasteiger partial charge is 0.497 e. The number of ether oxygens (including phenoxy) is 1. The van der Waals surface area contributed by atoms with E-state index in [1.165, 1.54) is 0 Å². The maximum Gasteiger partial charge on any atom is 0.304 e. The maximum absolute atomic E-state index is 13.0. The van der Waals surface area contributed by atoms with Crippen LogP contribution in [-0.2, 0) is 4.79 Å². The minimum atomic E-state index is -0.839. The van der Waals surface area contributed by atoms with Crippen LogP contribution in [0.2, 0.25) is 10.0 Å². The second-order valence-electron chi connectivity index (χ2n) is 7.72. The summed E-state index contributed by atoms with van der Waals surface area (Å²) < 4.78 is 6.91. The molecular weight excluding hydrogens is 461 g/mol. The van der Waals surface area contributed by atoms with Crippen molar-refractivity contribution in [2.45, 2.75) is 19.0 Å². The molecule has 168 valence electrons. The highest BCUT2D eigenvalue weighted by molar-refractivity contribution is 6.36. The summed E-state index contributed by atoms with van der Waals surface area (Å²) in [6.45, 7) is 1.91. The topological polar surface area (TPSA) is 70.4 Å². The molecule has 0 radical (unpaired) electrons. The van der Waals surface area contributed by atoms with Gasteiger partial charge in [0.2, 0.25) is 12.3 Å². The van der Waals surface area contributed by atoms with Gasteiger partial charge in [-0.1, -0.05) is 40.9 Å². The van der Waals surface area contributed by atoms with E-state index in [2.05, 4.69) is 10.7 Å². The lowest BCUT2D eigenvalue weighted by Crippen LogP contribution is -2.42. The Kier molecular flexibility index (Phi) is 6.67. The van der Waals surface area contributed by atoms with Crippen molar-refractivity contribution >= 4 is 41.2 Å². The third-order valence-corrected chi connectivity index (χ3v) is 5.96. The molecule has 3 aromatic rings. The lowest BCUT2D eigenvalue weighted by molar-refractivity contribution is -0.596. The third-order valence-electron chi connectivity index (χ3n) is 5.40. The SMILES string of the molecule is COc1ccc([C@@H]2[C@H](NC(=O)c3cccc(C)c3)C(=O)N/[N+]2=C\c2ccc(Cl)cc2Cl)cc1. The lowest BCUT2D eigenvalue weighted by Gasteiger charge is -2.15. The molecule has 1 aliphatic rings. The molecule has 8 heteroatoms. The molecule has 2 N–H and O–H groups in total. The zero-order chi connectivity index (χ0) is 23.5. The number of hydrazone groups is 1. The Bertz CT molecular complexity index is 1240. The van der Waals surface area contributed by atoms with Crippen molar-refractivity contribution in [3.05, 3.63) is 99.0 Å². The Morgan fingerprint density at radius 1 is 1.09 bits per heavy atom. The first kappa shape index (κ1) is 22.8. The number of hydrogen-bond acceptors (Lipinski definition) is 3. The number of methoxy groups -OCH3 is 1. The van der Waals surface area contributed by atoms with Gasteiger partial charge < -0.3 is 10.1 Å². The second kappa shape index (κ2) is 9.65. The summed E-state index contributed by atoms with van der Waals surface area (Å²) in [6, 6.07) is 18.3. The molecule has 1 heterocycles. The van der Waals surface area contributed by atoms with Crippen molar-refractivity contribution in [2.75, 3.05) is 7.11 Å². The fourth-order valence-corrected chi connectivity index (χ4v) is 4.21. The molecule has 0 spiro atoms. The molecule has 0 aromatic heterocycles. The van der Waals surface area contributed by atoms with Crippen LogP contribution >= 0.6 is 23.2 Å². The van der Waals surface area contributed by atoms with Crippen LogP contribution < -0.4 is 15.5 Å². The average molecular weight is 483 g/mol. The molecule has 2 atom stereocenters. The number of nitrogens with zero attached hydrogens (tertiary/aromatic N) is 1. The molecule has 3 aromatic carbocycles. The van der Waals surface area contributed by atoms with Gasteiger partial charge in [-0.25, -0.2) is 0 Å². The summed E-state index contributed by atoms with van der Waals surface area (Å²) >= 11 is 12.4. The molecular formula is C25H22Cl2N3O3+. The number of amides is 2. The summed E-state index contributed by atoms with van der Waals surface area (Å²) in [5.74, 6) is 0.0227. The predicted molar refractivity (Wildman–Crippen MR) is 128 cm³/mol. The zero-order valence-electron chi connectivity index (χ0n) is 18.0. The Morgan fingerprint density at radius 2 is 1.85 bits per heavy atom. The zero-order valence-corrected chi connectivity index (χ0v) is 19.5. The first-order valence-electron chi connectivity index (χ1n) is 10.3. The monoisotopic (exact) mass is 482 g/mol. The smallest absolute Gasteiger partial charge is 0.304 e. The quantitative estimate of drug-likeness (QED) is 0.531. The molecule has 1 saturated heterocycles. The number of aryl methyl sites for hydroxylation is 1. The highest BCUT2D eigenvalue weighted by atomic mass is 35.5. The van der Waals surface area contributed by atoms with Crippen LogP contribution in [0.3, 0.4) is 0 Å². The first-order chi connectivity index (χ1) is 15.9. The van der Waals surface area contributed by atoms with Crippen molar-refractivity contribution in [2.24, 2.45) is 0 Å². The third kappa shape index (κ3) is 5.02. The number of carbonyl (C=O) groups is 2. The highest BCUT2D eigenvalue weighted by Crippen LogP contribution is 2.28. The van der Waals surface area contributed by atoms with E-state index in [0.29, 0.717) is 26.9 Å². The van der Waals surface area contributed by atoms with Crippen molar-refractivity contribution in [1.29, 1.82) is 0 Å². The van der Waals surface area contributed by atoms with E-state index in [4.69, 9.17) is 27.9 Å². The van der Waals surface area contributed by atoms with Gasteiger partial charge in [0.05, 0.1) is 17.7 Å². The molecule has 4 rings (SSSR count). The lowest BCUT2D eigenvalue weighted by atomic mass is 9.99. The Hall–Kier alpha value is -3.35. The molecule has 0 aliphatic carbocycles. The number of rotatable bonds is 5. The maximum atomic E-state index is 13.0. The standard InChI is InChI=1S/C25H21Cl2N3O3/c1-15-4-3-5-17(12-15)24(31)28-22-23(16-7-10-20(33-2)11-8-16)30(29-25(22)32)14-18-6-9-19(26)13-21(18)27/h3-14,22-23H,1-2H3,(H-,28,29,31,32)/p+1/b30-14-/t22-,23+/m0/s1. The number of carbonyl (C=O) groups excluding carboxylic acids is 2. The minimum Gasteiger partial charge on any atom is -0.497 e. The van der Waals surface area contributed by atoms with Crippen molar-refractivity contribution in [3.63, 3.8) is 0 Å². The van der Waals surface area contributed by atoms with Gasteiger partial charge in [-0.2, -0.15) is 0 Å². The van der Waals surface area contributed by atoms with Crippen LogP contribution in [0.1, 0.15) is 33.1 Å². The van der Waals surface area contributed by atoms with Crippen LogP contribution in [0.15, 0.2) is 66.7 Å². The molecule has 6 nitrogen and oxygen atoms in total. The van der Waals surface area contributed by atoms with Crippen LogP contribution in [0.25, 0.3) is 0 Å². The molecule has 33 heavy (non-hydrogen) atoms. The van der Waals surface area contributed by atoms with E-state index in [9.17, 15) is 9.59 Å². The summed E-state index contributed by atoms with van der Waals surface area (Å²) in [7, 11) is 1.59. The van der Waals surface area contributed by atoms with Gasteiger partial charge in [-0.15, -0.1) is 10.1 Å². The summed E-state index contributed by atoms with van der Waals surface area (Å²) in [5.41, 5.74) is 5.76. The molecule has 2 amide bonds. The van der Waals surface area contributed by atoms with E-state index in [-0.39, 0.29) is 11.8 Å². The number of hydrogen-bond donors (Lipinski definition) is 2. The van der Waals surface area contributed by atoms with E-state index in [1.807, 2.05) is 43.3 Å². The van der Waals surface area contributed by atoms with Crippen LogP contribution in [0, 0.1) is 6.92 Å². The first-order valence-corrected chi connectivity index (χ1v) is 11.0. The molecule has 1 fully saturated rings. The van der Waals surface area contributed by atoms with Crippen molar-refractivity contribution < 1.29 is 19.0 Å². The van der Waals surface area contributed by atoms with E-state index < -0.39 is 12.1 Å². The van der Waals surface area contributed by atoms with Gasteiger partial charge in [-0.05, 0) is 61.5 Å². The van der Waals surface area contributed by atoms with Crippen LogP contribution in [-0.4, -0.2) is 35.9 Å². The number of halogens is 2. The van der Waals surface area contributed by atoms with E-state index in [1.54, 1.807) is 48.3 Å². The Morgan fingerprint density at radius 3 is 2.52 bits per heavy atom. The molecule has 0 saturated carbocycles. The Labute approximate surface area is 201 Å². The summed E-state index contributed by atoms with van der Waals surface area (Å²) in [4.78, 5) is 25.9. The van der Waals surface area contributed by atoms with Crippen molar-refractivity contribution in [1.82, 2.24) is 10.7 Å². The summed E-state index contributed by atoms with van der Waals surface area (Å²) in [6.07, 6.45) is 1.73. The minimum absolute atomic E-state index is 0.330. The average Bonchev–Trinajstić information content (AvgIpc) is 3.10. The van der Waals surface area contributed by atoms with Gasteiger partial charge in [0, 0.05) is 16.1 Å². The highest BCUT2D eigenvalue weighted by Gasteiger charge is 2.47. The number of hydrazine groups is 1. The molecule has 0 bridgehead atoms. The summed E-state index contributed by atoms with van der Waals surface area (Å²) in [5, 5.41) is 3.84. The molecule has 1 aliphatic heterocycles. The number of nitrogens with one attached hydrogen (secondary N) is 2. The van der Waals surface area contributed by atoms with Gasteiger partial charge in [-0.3, -0.25) is 9.59 Å². The fourth-order valence-electron chi connectivity index (χ4n) is 3.75. The van der Waals surface area contributed by atoms with Crippen LogP contribution in [0.5, 0.6) is 5.75 Å². The van der Waals surface area contributed by atoms with Crippen molar-refractivity contribution in [3.8, 4) is 5.75 Å². The van der Waals surface area contributed by atoms with Crippen LogP contribution in [0.4, 0.5) is 0 Å². The van der Waals surface area contributed by atoms with E-state index in [0.717, 1.165) is 11.1 Å². The predicted octanol–water partition coefficient (Wildman–Crippen LogP) is 4.33. The van der Waals surface area contributed by atoms with Gasteiger partial charge in [0.1, 0.15) is 5.75 Å². The normalized spacial score (nSPS) is 18.8. The van der Waals surface area contributed by atoms with Gasteiger partial charge in [0.15, 0.2) is 6.04 Å². The molecule has 0 unspecified atom stereocenters. The number of benzene rings is 3. The van der Waals surface area contributed by atoms with Gasteiger partial charge >= 0.3 is 5.91 Å². The second-order valence-corrected chi connectivity index (χ2v) is 8.56. The van der Waals surface area contributed by atoms with Gasteiger partial charge in [0.25, 0.3) is 5.91 Å².